The van der Waals surface area contributed by atoms with Crippen molar-refractivity contribution in [2.24, 2.45) is 0 Å². The summed E-state index contributed by atoms with van der Waals surface area (Å²) in [5.41, 5.74) is -0.316. The third kappa shape index (κ3) is 5.31. The maximum Gasteiger partial charge on any atom is 0.313 e. The maximum atomic E-state index is 13.8. The summed E-state index contributed by atoms with van der Waals surface area (Å²) in [5.74, 6) is -1.16. The van der Waals surface area contributed by atoms with Gasteiger partial charge in [0.25, 0.3) is 0 Å². The Balaban J connectivity index is 0.00000264. The minimum atomic E-state index is -0.760. The van der Waals surface area contributed by atoms with Crippen LogP contribution >= 0.6 is 24.8 Å². The van der Waals surface area contributed by atoms with E-state index in [9.17, 15) is 19.6 Å². The zero-order chi connectivity index (χ0) is 16.1. The molecule has 0 bridgehead atoms. The fourth-order valence-corrected chi connectivity index (χ4v) is 2.80. The van der Waals surface area contributed by atoms with E-state index in [4.69, 9.17) is 0 Å². The summed E-state index contributed by atoms with van der Waals surface area (Å²) in [5, 5.41) is 24.4. The van der Waals surface area contributed by atoms with Gasteiger partial charge in [0.2, 0.25) is 0 Å². The third-order valence-electron chi connectivity index (χ3n) is 3.88. The predicted molar refractivity (Wildman–Crippen MR) is 95.8 cm³/mol. The van der Waals surface area contributed by atoms with E-state index in [1.54, 1.807) is 6.08 Å². The number of allylic oxidation sites excluding steroid dienone is 1. The Bertz CT molecular complexity index is 569. The van der Waals surface area contributed by atoms with E-state index in [1.807, 2.05) is 0 Å². The van der Waals surface area contributed by atoms with E-state index in [1.165, 1.54) is 6.07 Å². The van der Waals surface area contributed by atoms with Crippen molar-refractivity contribution in [2.45, 2.75) is 18.9 Å². The molecule has 24 heavy (non-hydrogen) atoms. The highest BCUT2D eigenvalue weighted by Crippen LogP contribution is 2.39. The highest BCUT2D eigenvalue weighted by molar-refractivity contribution is 5.85. The van der Waals surface area contributed by atoms with Crippen LogP contribution in [0, 0.1) is 15.9 Å². The topological polar surface area (TPSA) is 78.6 Å². The van der Waals surface area contributed by atoms with Gasteiger partial charge in [-0.25, -0.2) is 4.39 Å². The maximum absolute atomic E-state index is 13.8. The molecule has 0 aromatic heterocycles. The average molecular weight is 382 g/mol. The fourth-order valence-electron chi connectivity index (χ4n) is 2.80. The number of piperazine rings is 1. The van der Waals surface area contributed by atoms with Crippen LogP contribution in [0.3, 0.4) is 0 Å². The van der Waals surface area contributed by atoms with Crippen LogP contribution in [0.15, 0.2) is 24.8 Å². The van der Waals surface area contributed by atoms with Crippen molar-refractivity contribution in [2.75, 3.05) is 26.2 Å². The molecule has 0 spiro atoms. The van der Waals surface area contributed by atoms with Crippen LogP contribution in [-0.4, -0.2) is 41.1 Å². The Morgan fingerprint density at radius 3 is 2.58 bits per heavy atom. The molecule has 0 radical (unpaired) electrons. The van der Waals surface area contributed by atoms with Crippen LogP contribution in [-0.2, 0) is 0 Å². The van der Waals surface area contributed by atoms with Gasteiger partial charge < -0.3 is 10.4 Å². The van der Waals surface area contributed by atoms with Gasteiger partial charge >= 0.3 is 5.69 Å². The molecule has 6 nitrogen and oxygen atoms in total. The number of halogens is 3. The highest BCUT2D eigenvalue weighted by Gasteiger charge is 2.28. The number of nitrogens with one attached hydrogen (secondary N) is 1. The van der Waals surface area contributed by atoms with Gasteiger partial charge in [-0.2, -0.15) is 0 Å². The van der Waals surface area contributed by atoms with Crippen molar-refractivity contribution >= 4 is 30.5 Å². The summed E-state index contributed by atoms with van der Waals surface area (Å²) in [6.07, 6.45) is 3.05. The predicted octanol–water partition coefficient (Wildman–Crippen LogP) is 3.20. The molecule has 9 heteroatoms. The summed E-state index contributed by atoms with van der Waals surface area (Å²) < 4.78 is 13.8. The van der Waals surface area contributed by atoms with Crippen LogP contribution in [0.4, 0.5) is 10.1 Å². The Morgan fingerprint density at radius 2 is 2.04 bits per heavy atom. The van der Waals surface area contributed by atoms with Crippen LogP contribution in [0.25, 0.3) is 0 Å². The van der Waals surface area contributed by atoms with E-state index in [0.717, 1.165) is 32.2 Å². The molecule has 1 fully saturated rings. The standard InChI is InChI=1S/C15H20FN3O3.2ClH/c1-2-3-4-13(18-7-5-17-6-8-18)12-9-11(16)10-14(15(12)20)19(21)22;;/h2,9-10,13,17,20H,1,3-8H2;2*1H/t13-;;/m0../s1. The Labute approximate surface area is 152 Å². The molecule has 0 amide bonds. The van der Waals surface area contributed by atoms with Crippen LogP contribution < -0.4 is 5.32 Å². The number of nitro benzene ring substituents is 1. The largest absolute Gasteiger partial charge is 0.502 e. The van der Waals surface area contributed by atoms with E-state index in [2.05, 4.69) is 16.8 Å². The minimum Gasteiger partial charge on any atom is -0.502 e. The molecule has 1 saturated heterocycles. The Morgan fingerprint density at radius 1 is 1.42 bits per heavy atom. The van der Waals surface area contributed by atoms with Gasteiger partial charge in [-0.3, -0.25) is 15.0 Å². The number of phenolic OH excluding ortho intramolecular Hbond substituents is 1. The molecule has 1 atom stereocenters. The number of nitrogens with zero attached hydrogens (tertiary/aromatic N) is 2. The second kappa shape index (κ2) is 10.5. The SMILES string of the molecule is C=CCC[C@@H](c1cc(F)cc([N+](=O)[O-])c1O)N1CCNCC1.Cl.Cl. The first-order valence-corrected chi connectivity index (χ1v) is 7.27. The van der Waals surface area contributed by atoms with Crippen molar-refractivity contribution in [1.29, 1.82) is 0 Å². The lowest BCUT2D eigenvalue weighted by atomic mass is 9.97. The summed E-state index contributed by atoms with van der Waals surface area (Å²) in [6, 6.07) is 1.67. The van der Waals surface area contributed by atoms with E-state index >= 15 is 0 Å². The van der Waals surface area contributed by atoms with Gasteiger partial charge in [0.1, 0.15) is 5.82 Å². The number of rotatable bonds is 6. The first kappa shape index (κ1) is 22.6. The smallest absolute Gasteiger partial charge is 0.313 e. The van der Waals surface area contributed by atoms with Crippen molar-refractivity contribution in [3.63, 3.8) is 0 Å². The lowest BCUT2D eigenvalue weighted by molar-refractivity contribution is -0.386. The lowest BCUT2D eigenvalue weighted by Crippen LogP contribution is -2.45. The zero-order valence-corrected chi connectivity index (χ0v) is 14.7. The Kier molecular flexibility index (Phi) is 9.84. The van der Waals surface area contributed by atoms with Crippen molar-refractivity contribution in [3.05, 3.63) is 46.3 Å². The quantitative estimate of drug-likeness (QED) is 0.449. The molecule has 1 aliphatic rings. The summed E-state index contributed by atoms with van der Waals surface area (Å²) in [6.45, 7) is 6.75. The van der Waals surface area contributed by atoms with Gasteiger partial charge in [0, 0.05) is 37.8 Å². The molecule has 1 aromatic carbocycles. The number of phenols is 1. The molecular weight excluding hydrogens is 360 g/mol. The van der Waals surface area contributed by atoms with E-state index in [0.29, 0.717) is 12.8 Å². The van der Waals surface area contributed by atoms with E-state index in [-0.39, 0.29) is 36.4 Å². The van der Waals surface area contributed by atoms with Gasteiger partial charge in [0.05, 0.1) is 11.0 Å². The molecule has 2 N–H and O–H groups in total. The number of nitro groups is 1. The minimum absolute atomic E-state index is 0. The second-order valence-electron chi connectivity index (χ2n) is 5.29. The molecular formula is C15H22Cl2FN3O3. The normalized spacial score (nSPS) is 15.7. The van der Waals surface area contributed by atoms with Gasteiger partial charge in [-0.05, 0) is 18.9 Å². The first-order chi connectivity index (χ1) is 10.5. The molecule has 0 unspecified atom stereocenters. The van der Waals surface area contributed by atoms with Gasteiger partial charge in [-0.1, -0.05) is 6.08 Å². The third-order valence-corrected chi connectivity index (χ3v) is 3.88. The molecule has 1 aromatic rings. The molecule has 0 saturated carbocycles. The fraction of sp³-hybridized carbons (Fsp3) is 0.467. The molecule has 0 aliphatic carbocycles. The van der Waals surface area contributed by atoms with Crippen LogP contribution in [0.5, 0.6) is 5.75 Å². The summed E-state index contributed by atoms with van der Waals surface area (Å²) >= 11 is 0. The zero-order valence-electron chi connectivity index (χ0n) is 13.1. The van der Waals surface area contributed by atoms with E-state index < -0.39 is 22.2 Å². The van der Waals surface area contributed by atoms with Crippen molar-refractivity contribution in [3.8, 4) is 5.75 Å². The highest BCUT2D eigenvalue weighted by atomic mass is 35.5. The van der Waals surface area contributed by atoms with Gasteiger partial charge in [0.15, 0.2) is 5.75 Å². The first-order valence-electron chi connectivity index (χ1n) is 7.27. The van der Waals surface area contributed by atoms with Crippen LogP contribution in [0.1, 0.15) is 24.4 Å². The number of benzene rings is 1. The molecule has 136 valence electrons. The monoisotopic (exact) mass is 381 g/mol. The second-order valence-corrected chi connectivity index (χ2v) is 5.29. The average Bonchev–Trinajstić information content (AvgIpc) is 2.51. The number of aromatic hydroxyl groups is 1. The number of hydrogen-bond acceptors (Lipinski definition) is 5. The van der Waals surface area contributed by atoms with Gasteiger partial charge in [-0.15, -0.1) is 31.4 Å². The lowest BCUT2D eigenvalue weighted by Gasteiger charge is -2.35. The molecule has 1 heterocycles. The van der Waals surface area contributed by atoms with Crippen molar-refractivity contribution < 1.29 is 14.4 Å². The number of hydrogen-bond donors (Lipinski definition) is 2. The van der Waals surface area contributed by atoms with Crippen molar-refractivity contribution in [1.82, 2.24) is 10.2 Å². The Hall–Kier alpha value is -1.41. The molecule has 2 rings (SSSR count). The summed E-state index contributed by atoms with van der Waals surface area (Å²) in [4.78, 5) is 12.3. The summed E-state index contributed by atoms with van der Waals surface area (Å²) in [7, 11) is 0. The molecule has 1 aliphatic heterocycles. The van der Waals surface area contributed by atoms with Crippen LogP contribution in [0.2, 0.25) is 0 Å².